The summed E-state index contributed by atoms with van der Waals surface area (Å²) in [6.07, 6.45) is 4.61. The summed E-state index contributed by atoms with van der Waals surface area (Å²) < 4.78 is 3.62. The van der Waals surface area contributed by atoms with Crippen LogP contribution in [0.3, 0.4) is 0 Å². The third-order valence-corrected chi connectivity index (χ3v) is 3.20. The molecule has 0 saturated heterocycles. The molecule has 0 unspecified atom stereocenters. The lowest BCUT2D eigenvalue weighted by atomic mass is 9.78. The molecule has 0 spiro atoms. The average Bonchev–Trinajstić information content (AvgIpc) is 2.63. The summed E-state index contributed by atoms with van der Waals surface area (Å²) in [4.78, 5) is 12.0. The summed E-state index contributed by atoms with van der Waals surface area (Å²) in [5.74, 6) is -0.128. The highest BCUT2D eigenvalue weighted by Crippen LogP contribution is 2.28. The van der Waals surface area contributed by atoms with Crippen molar-refractivity contribution in [2.75, 3.05) is 6.54 Å². The van der Waals surface area contributed by atoms with E-state index in [2.05, 4.69) is 14.9 Å². The van der Waals surface area contributed by atoms with Gasteiger partial charge in [-0.15, -0.1) is 17.5 Å². The molecule has 5 nitrogen and oxygen atoms in total. The van der Waals surface area contributed by atoms with Crippen LogP contribution in [0.25, 0.3) is 0 Å². The normalized spacial score (nSPS) is 17.4. The van der Waals surface area contributed by atoms with Gasteiger partial charge in [-0.05, 0) is 30.8 Å². The van der Waals surface area contributed by atoms with Crippen molar-refractivity contribution in [3.63, 3.8) is 0 Å². The van der Waals surface area contributed by atoms with Crippen LogP contribution in [0.15, 0.2) is 6.20 Å². The number of nitrogens with two attached hydrogens (primary N) is 1. The van der Waals surface area contributed by atoms with Gasteiger partial charge >= 0.3 is 0 Å². The van der Waals surface area contributed by atoms with Gasteiger partial charge in [-0.3, -0.25) is 4.79 Å². The van der Waals surface area contributed by atoms with Crippen LogP contribution in [-0.2, 0) is 0 Å². The van der Waals surface area contributed by atoms with Gasteiger partial charge in [0.2, 0.25) is 0 Å². The first-order valence-electron chi connectivity index (χ1n) is 4.54. The summed E-state index contributed by atoms with van der Waals surface area (Å²) in [7, 11) is 0. The Balaban J connectivity index is 0.00000112. The molecule has 0 radical (unpaired) electrons. The molecule has 0 atom stereocenters. The van der Waals surface area contributed by atoms with Crippen molar-refractivity contribution < 1.29 is 4.79 Å². The number of hydrogen-bond donors (Lipinski definition) is 2. The Morgan fingerprint density at radius 2 is 2.40 bits per heavy atom. The predicted molar refractivity (Wildman–Crippen MR) is 60.3 cm³/mol. The van der Waals surface area contributed by atoms with E-state index in [-0.39, 0.29) is 23.9 Å². The maximum Gasteiger partial charge on any atom is 0.264 e. The van der Waals surface area contributed by atoms with Gasteiger partial charge in [0.15, 0.2) is 0 Å². The van der Waals surface area contributed by atoms with E-state index in [9.17, 15) is 4.79 Å². The molecule has 7 heteroatoms. The van der Waals surface area contributed by atoms with Gasteiger partial charge in [-0.1, -0.05) is 4.49 Å². The maximum absolute atomic E-state index is 11.5. The standard InChI is InChI=1S/C8H12N4OS.ClH/c9-8(2-1-3-8)5-10-7(13)6-4-11-12-14-6;/h4H,1-3,5,9H2,(H,10,13);1H. The highest BCUT2D eigenvalue weighted by molar-refractivity contribution is 7.07. The zero-order valence-corrected chi connectivity index (χ0v) is 9.74. The molecule has 84 valence electrons. The van der Waals surface area contributed by atoms with Crippen LogP contribution in [0.2, 0.25) is 0 Å². The maximum atomic E-state index is 11.5. The second-order valence-electron chi connectivity index (χ2n) is 3.68. The summed E-state index contributed by atoms with van der Waals surface area (Å²) in [6.45, 7) is 0.545. The smallest absolute Gasteiger partial charge is 0.264 e. The van der Waals surface area contributed by atoms with Gasteiger partial charge in [0, 0.05) is 12.1 Å². The second kappa shape index (κ2) is 4.87. The SMILES string of the molecule is Cl.NC1(CNC(=O)c2cnns2)CCC1. The molecule has 2 rings (SSSR count). The lowest BCUT2D eigenvalue weighted by Crippen LogP contribution is -2.54. The van der Waals surface area contributed by atoms with Crippen LogP contribution in [-0.4, -0.2) is 27.6 Å². The van der Waals surface area contributed by atoms with Crippen molar-refractivity contribution in [2.45, 2.75) is 24.8 Å². The summed E-state index contributed by atoms with van der Waals surface area (Å²) in [6, 6.07) is 0. The number of carbonyl (C=O) groups is 1. The van der Waals surface area contributed by atoms with Gasteiger partial charge < -0.3 is 11.1 Å². The fraction of sp³-hybridized carbons (Fsp3) is 0.625. The van der Waals surface area contributed by atoms with Crippen molar-refractivity contribution in [3.05, 3.63) is 11.1 Å². The zero-order chi connectivity index (χ0) is 10.0. The topological polar surface area (TPSA) is 80.9 Å². The summed E-state index contributed by atoms with van der Waals surface area (Å²) in [5, 5.41) is 6.39. The van der Waals surface area contributed by atoms with E-state index in [4.69, 9.17) is 5.73 Å². The van der Waals surface area contributed by atoms with Crippen LogP contribution < -0.4 is 11.1 Å². The predicted octanol–water partition coefficient (Wildman–Crippen LogP) is 0.571. The van der Waals surface area contributed by atoms with Gasteiger partial charge in [0.25, 0.3) is 5.91 Å². The van der Waals surface area contributed by atoms with Gasteiger partial charge in [0.05, 0.1) is 6.20 Å². The quantitative estimate of drug-likeness (QED) is 0.820. The number of amides is 1. The van der Waals surface area contributed by atoms with Crippen molar-refractivity contribution in [2.24, 2.45) is 5.73 Å². The first kappa shape index (κ1) is 12.4. The summed E-state index contributed by atoms with van der Waals surface area (Å²) in [5.41, 5.74) is 5.79. The van der Waals surface area contributed by atoms with E-state index in [1.165, 1.54) is 6.20 Å². The first-order chi connectivity index (χ1) is 6.70. The highest BCUT2D eigenvalue weighted by Gasteiger charge is 2.32. The fourth-order valence-corrected chi connectivity index (χ4v) is 1.85. The number of halogens is 1. The van der Waals surface area contributed by atoms with Crippen LogP contribution in [0.1, 0.15) is 28.9 Å². The zero-order valence-electron chi connectivity index (χ0n) is 8.10. The Kier molecular flexibility index (Phi) is 4.01. The van der Waals surface area contributed by atoms with Crippen molar-refractivity contribution in [1.29, 1.82) is 0 Å². The Labute approximate surface area is 98.0 Å². The van der Waals surface area contributed by atoms with E-state index in [0.717, 1.165) is 30.8 Å². The molecule has 1 fully saturated rings. The molecule has 1 aromatic heterocycles. The molecule has 1 heterocycles. The van der Waals surface area contributed by atoms with Crippen LogP contribution in [0.5, 0.6) is 0 Å². The minimum absolute atomic E-state index is 0. The largest absolute Gasteiger partial charge is 0.349 e. The average molecular weight is 249 g/mol. The molecule has 1 aromatic rings. The van der Waals surface area contributed by atoms with Gasteiger partial charge in [0.1, 0.15) is 4.88 Å². The molecular formula is C8H13ClN4OS. The number of carbonyl (C=O) groups excluding carboxylic acids is 1. The number of nitrogens with zero attached hydrogens (tertiary/aromatic N) is 2. The molecule has 1 aliphatic carbocycles. The minimum atomic E-state index is -0.173. The van der Waals surface area contributed by atoms with Gasteiger partial charge in [-0.2, -0.15) is 0 Å². The van der Waals surface area contributed by atoms with Crippen LogP contribution in [0, 0.1) is 0 Å². The lowest BCUT2D eigenvalue weighted by molar-refractivity contribution is 0.0933. The van der Waals surface area contributed by atoms with Crippen molar-refractivity contribution in [3.8, 4) is 0 Å². The van der Waals surface area contributed by atoms with Crippen LogP contribution >= 0.6 is 23.9 Å². The highest BCUT2D eigenvalue weighted by atomic mass is 35.5. The van der Waals surface area contributed by atoms with E-state index in [1.54, 1.807) is 0 Å². The van der Waals surface area contributed by atoms with Crippen molar-refractivity contribution in [1.82, 2.24) is 14.9 Å². The van der Waals surface area contributed by atoms with E-state index < -0.39 is 0 Å². The van der Waals surface area contributed by atoms with Crippen LogP contribution in [0.4, 0.5) is 0 Å². The molecule has 0 aliphatic heterocycles. The molecule has 3 N–H and O–H groups in total. The molecule has 0 aromatic carbocycles. The third-order valence-electron chi connectivity index (χ3n) is 2.54. The molecule has 1 saturated carbocycles. The Bertz CT molecular complexity index is 325. The summed E-state index contributed by atoms with van der Waals surface area (Å²) >= 11 is 1.09. The van der Waals surface area contributed by atoms with E-state index >= 15 is 0 Å². The number of rotatable bonds is 3. The third kappa shape index (κ3) is 2.87. The lowest BCUT2D eigenvalue weighted by Gasteiger charge is -2.37. The minimum Gasteiger partial charge on any atom is -0.349 e. The van der Waals surface area contributed by atoms with E-state index in [1.807, 2.05) is 0 Å². The molecule has 0 bridgehead atoms. The molecule has 1 amide bonds. The molecule has 1 aliphatic rings. The molecule has 15 heavy (non-hydrogen) atoms. The first-order valence-corrected chi connectivity index (χ1v) is 5.31. The second-order valence-corrected chi connectivity index (χ2v) is 4.47. The Morgan fingerprint density at radius 1 is 1.67 bits per heavy atom. The number of aromatic nitrogens is 2. The number of hydrogen-bond acceptors (Lipinski definition) is 5. The number of nitrogens with one attached hydrogen (secondary N) is 1. The Hall–Kier alpha value is -0.720. The monoisotopic (exact) mass is 248 g/mol. The van der Waals surface area contributed by atoms with Crippen molar-refractivity contribution >= 4 is 29.8 Å². The fourth-order valence-electron chi connectivity index (χ4n) is 1.42. The molecular weight excluding hydrogens is 236 g/mol. The Morgan fingerprint density at radius 3 is 2.87 bits per heavy atom. The van der Waals surface area contributed by atoms with Gasteiger partial charge in [-0.25, -0.2) is 0 Å². The van der Waals surface area contributed by atoms with E-state index in [0.29, 0.717) is 11.4 Å².